The van der Waals surface area contributed by atoms with Gasteiger partial charge in [-0.1, -0.05) is 49.6 Å². The molecule has 0 saturated heterocycles. The summed E-state index contributed by atoms with van der Waals surface area (Å²) in [6.07, 6.45) is 4.93. The summed E-state index contributed by atoms with van der Waals surface area (Å²) in [4.78, 5) is 2.37. The van der Waals surface area contributed by atoms with Crippen molar-refractivity contribution in [3.05, 3.63) is 35.4 Å². The second-order valence-corrected chi connectivity index (χ2v) is 7.02. The van der Waals surface area contributed by atoms with Gasteiger partial charge in [0.05, 0.1) is 0 Å². The smallest absolute Gasteiger partial charge is 0.0499 e. The summed E-state index contributed by atoms with van der Waals surface area (Å²) in [6, 6.07) is 8.77. The van der Waals surface area contributed by atoms with Crippen molar-refractivity contribution >= 4 is 0 Å². The first-order valence-corrected chi connectivity index (χ1v) is 7.88. The van der Waals surface area contributed by atoms with Crippen LogP contribution in [0.1, 0.15) is 43.7 Å². The van der Waals surface area contributed by atoms with Gasteiger partial charge in [0.1, 0.15) is 0 Å². The average Bonchev–Trinajstić information content (AvgIpc) is 2.41. The minimum absolute atomic E-state index is 0.122. The van der Waals surface area contributed by atoms with E-state index in [1.807, 2.05) is 0 Å². The highest BCUT2D eigenvalue weighted by atomic mass is 16.3. The van der Waals surface area contributed by atoms with Gasteiger partial charge in [0.25, 0.3) is 0 Å². The van der Waals surface area contributed by atoms with Crippen LogP contribution < -0.4 is 0 Å². The van der Waals surface area contributed by atoms with Crippen LogP contribution in [0.3, 0.4) is 0 Å². The summed E-state index contributed by atoms with van der Waals surface area (Å²) in [7, 11) is 2.18. The van der Waals surface area contributed by atoms with Gasteiger partial charge in [-0.05, 0) is 38.3 Å². The molecule has 1 N–H and O–H groups in total. The minimum atomic E-state index is 0.122. The molecule has 0 spiro atoms. The van der Waals surface area contributed by atoms with Gasteiger partial charge < -0.3 is 10.0 Å². The van der Waals surface area contributed by atoms with Gasteiger partial charge in [-0.2, -0.15) is 0 Å². The van der Waals surface area contributed by atoms with Crippen LogP contribution in [0.5, 0.6) is 0 Å². The molecule has 1 aromatic rings. The Morgan fingerprint density at radius 1 is 1.30 bits per heavy atom. The molecule has 1 aromatic carbocycles. The van der Waals surface area contributed by atoms with Crippen LogP contribution in [0.25, 0.3) is 0 Å². The summed E-state index contributed by atoms with van der Waals surface area (Å²) in [5.74, 6) is 0.753. The Morgan fingerprint density at radius 3 is 2.60 bits per heavy atom. The minimum Gasteiger partial charge on any atom is -0.396 e. The zero-order valence-electron chi connectivity index (χ0n) is 13.2. The van der Waals surface area contributed by atoms with Crippen LogP contribution in [0.15, 0.2) is 24.3 Å². The van der Waals surface area contributed by atoms with Gasteiger partial charge in [-0.3, -0.25) is 0 Å². The van der Waals surface area contributed by atoms with E-state index in [1.54, 1.807) is 0 Å². The monoisotopic (exact) mass is 275 g/mol. The Balaban J connectivity index is 1.95. The summed E-state index contributed by atoms with van der Waals surface area (Å²) >= 11 is 0. The first kappa shape index (κ1) is 15.5. The summed E-state index contributed by atoms with van der Waals surface area (Å²) < 4.78 is 0. The van der Waals surface area contributed by atoms with Crippen LogP contribution in [0.2, 0.25) is 0 Å². The van der Waals surface area contributed by atoms with Gasteiger partial charge in [-0.15, -0.1) is 0 Å². The Labute approximate surface area is 123 Å². The van der Waals surface area contributed by atoms with Crippen molar-refractivity contribution in [3.8, 4) is 0 Å². The maximum atomic E-state index is 9.88. The molecule has 0 heterocycles. The first-order valence-electron chi connectivity index (χ1n) is 7.88. The fourth-order valence-electron chi connectivity index (χ4n) is 3.74. The normalized spacial score (nSPS) is 26.9. The van der Waals surface area contributed by atoms with Gasteiger partial charge in [0, 0.05) is 25.1 Å². The molecule has 1 saturated carbocycles. The lowest BCUT2D eigenvalue weighted by atomic mass is 9.70. The first-order chi connectivity index (χ1) is 9.53. The molecule has 20 heavy (non-hydrogen) atoms. The number of aliphatic hydroxyl groups excluding tert-OH is 1. The van der Waals surface area contributed by atoms with E-state index in [2.05, 4.69) is 50.1 Å². The van der Waals surface area contributed by atoms with E-state index in [1.165, 1.54) is 36.8 Å². The molecule has 1 fully saturated rings. The summed E-state index contributed by atoms with van der Waals surface area (Å²) in [5.41, 5.74) is 2.79. The van der Waals surface area contributed by atoms with Crippen LogP contribution in [0, 0.1) is 18.3 Å². The van der Waals surface area contributed by atoms with Crippen molar-refractivity contribution in [2.24, 2.45) is 11.3 Å². The third kappa shape index (κ3) is 4.07. The van der Waals surface area contributed by atoms with Gasteiger partial charge in [0.15, 0.2) is 0 Å². The molecule has 0 bridgehead atoms. The van der Waals surface area contributed by atoms with Gasteiger partial charge >= 0.3 is 0 Å². The van der Waals surface area contributed by atoms with E-state index in [4.69, 9.17) is 0 Å². The Morgan fingerprint density at radius 2 is 2.00 bits per heavy atom. The highest BCUT2D eigenvalue weighted by molar-refractivity contribution is 5.21. The van der Waals surface area contributed by atoms with E-state index < -0.39 is 0 Å². The third-order valence-corrected chi connectivity index (χ3v) is 4.70. The Hall–Kier alpha value is -0.860. The fourth-order valence-corrected chi connectivity index (χ4v) is 3.74. The number of hydrogen-bond donors (Lipinski definition) is 1. The molecule has 2 unspecified atom stereocenters. The molecule has 112 valence electrons. The quantitative estimate of drug-likeness (QED) is 0.887. The maximum Gasteiger partial charge on any atom is 0.0499 e. The van der Waals surface area contributed by atoms with Crippen LogP contribution in [0.4, 0.5) is 0 Å². The van der Waals surface area contributed by atoms with Crippen molar-refractivity contribution in [3.63, 3.8) is 0 Å². The van der Waals surface area contributed by atoms with Crippen molar-refractivity contribution in [2.45, 2.75) is 46.1 Å². The molecule has 2 heteroatoms. The molecular formula is C18H29NO. The van der Waals surface area contributed by atoms with E-state index in [-0.39, 0.29) is 5.41 Å². The molecule has 2 nitrogen and oxygen atoms in total. The molecule has 0 aromatic heterocycles. The topological polar surface area (TPSA) is 23.5 Å². The Bertz CT molecular complexity index is 414. The predicted octanol–water partition coefficient (Wildman–Crippen LogP) is 3.62. The van der Waals surface area contributed by atoms with Crippen molar-refractivity contribution in [1.82, 2.24) is 4.90 Å². The largest absolute Gasteiger partial charge is 0.396 e. The second-order valence-electron chi connectivity index (χ2n) is 7.02. The van der Waals surface area contributed by atoms with Gasteiger partial charge in [-0.25, -0.2) is 0 Å². The van der Waals surface area contributed by atoms with Crippen LogP contribution >= 0.6 is 0 Å². The fraction of sp³-hybridized carbons (Fsp3) is 0.667. The van der Waals surface area contributed by atoms with E-state index >= 15 is 0 Å². The molecule has 2 atom stereocenters. The summed E-state index contributed by atoms with van der Waals surface area (Å²) in [5, 5.41) is 9.88. The summed E-state index contributed by atoms with van der Waals surface area (Å²) in [6.45, 7) is 6.74. The van der Waals surface area contributed by atoms with Crippen molar-refractivity contribution in [2.75, 3.05) is 20.2 Å². The SMILES string of the molecule is Cc1ccc(CN(C)CC2(CO)CCCC(C)C2)cc1. The molecule has 0 radical (unpaired) electrons. The second kappa shape index (κ2) is 6.73. The zero-order valence-corrected chi connectivity index (χ0v) is 13.2. The molecule has 1 aliphatic carbocycles. The average molecular weight is 275 g/mol. The number of aliphatic hydroxyl groups is 1. The number of aryl methyl sites for hydroxylation is 1. The zero-order chi connectivity index (χ0) is 14.6. The predicted molar refractivity (Wildman–Crippen MR) is 84.7 cm³/mol. The third-order valence-electron chi connectivity index (χ3n) is 4.70. The Kier molecular flexibility index (Phi) is 5.22. The lowest BCUT2D eigenvalue weighted by molar-refractivity contribution is 0.0290. The van der Waals surface area contributed by atoms with Crippen LogP contribution in [-0.2, 0) is 6.54 Å². The van der Waals surface area contributed by atoms with Crippen molar-refractivity contribution < 1.29 is 5.11 Å². The maximum absolute atomic E-state index is 9.88. The number of rotatable bonds is 5. The van der Waals surface area contributed by atoms with Crippen LogP contribution in [-0.4, -0.2) is 30.2 Å². The molecule has 0 amide bonds. The van der Waals surface area contributed by atoms with Gasteiger partial charge in [0.2, 0.25) is 0 Å². The molecule has 2 rings (SSSR count). The molecule has 0 aliphatic heterocycles. The standard InChI is InChI=1S/C18H29NO/c1-15-6-8-17(9-7-15)12-19(3)13-18(14-20)10-4-5-16(2)11-18/h6-9,16,20H,4-5,10-14H2,1-3H3. The van der Waals surface area contributed by atoms with E-state index in [9.17, 15) is 5.11 Å². The lowest BCUT2D eigenvalue weighted by Gasteiger charge is -2.41. The van der Waals surface area contributed by atoms with E-state index in [0.717, 1.165) is 19.0 Å². The molecular weight excluding hydrogens is 246 g/mol. The number of hydrogen-bond acceptors (Lipinski definition) is 2. The number of nitrogens with zero attached hydrogens (tertiary/aromatic N) is 1. The number of benzene rings is 1. The molecule has 1 aliphatic rings. The van der Waals surface area contributed by atoms with E-state index in [0.29, 0.717) is 6.61 Å². The lowest BCUT2D eigenvalue weighted by Crippen LogP contribution is -2.41. The highest BCUT2D eigenvalue weighted by Gasteiger charge is 2.35. The van der Waals surface area contributed by atoms with Crippen molar-refractivity contribution in [1.29, 1.82) is 0 Å². The highest BCUT2D eigenvalue weighted by Crippen LogP contribution is 2.39.